The van der Waals surface area contributed by atoms with Gasteiger partial charge in [-0.2, -0.15) is 0 Å². The van der Waals surface area contributed by atoms with E-state index in [1.54, 1.807) is 0 Å². The number of piperazine rings is 1. The van der Waals surface area contributed by atoms with Crippen molar-refractivity contribution < 1.29 is 24.1 Å². The first-order valence-corrected chi connectivity index (χ1v) is 12.2. The number of benzene rings is 2. The number of rotatable bonds is 10. The average molecular weight is 471 g/mol. The molecule has 2 heterocycles. The van der Waals surface area contributed by atoms with E-state index in [4.69, 9.17) is 18.9 Å². The van der Waals surface area contributed by atoms with Crippen molar-refractivity contribution in [1.29, 1.82) is 0 Å². The predicted molar refractivity (Wildman–Crippen MR) is 132 cm³/mol. The molecule has 2 aromatic carbocycles. The molecule has 2 aromatic rings. The van der Waals surface area contributed by atoms with Crippen LogP contribution >= 0.6 is 0 Å². The molecule has 186 valence electrons. The van der Waals surface area contributed by atoms with E-state index in [1.165, 1.54) is 11.1 Å². The molecule has 0 aliphatic carbocycles. The summed E-state index contributed by atoms with van der Waals surface area (Å²) in [6.45, 7) is 13.5. The molecule has 0 radical (unpaired) electrons. The van der Waals surface area contributed by atoms with E-state index in [1.807, 2.05) is 18.2 Å². The van der Waals surface area contributed by atoms with Crippen molar-refractivity contribution in [2.24, 2.45) is 0 Å². The third-order valence-electron chi connectivity index (χ3n) is 6.30. The molecule has 1 saturated heterocycles. The summed E-state index contributed by atoms with van der Waals surface area (Å²) >= 11 is 0. The molecule has 2 aliphatic heterocycles. The lowest BCUT2D eigenvalue weighted by Crippen LogP contribution is -2.48. The van der Waals surface area contributed by atoms with Gasteiger partial charge in [-0.1, -0.05) is 39.0 Å². The van der Waals surface area contributed by atoms with Crippen molar-refractivity contribution in [3.63, 3.8) is 0 Å². The van der Waals surface area contributed by atoms with Crippen LogP contribution in [0.2, 0.25) is 0 Å². The number of hydrogen-bond donors (Lipinski definition) is 1. The van der Waals surface area contributed by atoms with Crippen LogP contribution in [0.5, 0.6) is 17.2 Å². The Balaban J connectivity index is 1.07. The van der Waals surface area contributed by atoms with Gasteiger partial charge in [0.05, 0.1) is 19.3 Å². The summed E-state index contributed by atoms with van der Waals surface area (Å²) < 4.78 is 22.3. The SMILES string of the molecule is CC(C)(C)c1ccc(OCCOC[C@@H](O)CN2CCN(Cc3ccc4c(c3)OCO4)CC2)cc1. The van der Waals surface area contributed by atoms with Gasteiger partial charge in [-0.25, -0.2) is 0 Å². The molecule has 0 unspecified atom stereocenters. The summed E-state index contributed by atoms with van der Waals surface area (Å²) in [6, 6.07) is 14.4. The molecule has 7 nitrogen and oxygen atoms in total. The molecular weight excluding hydrogens is 432 g/mol. The second-order valence-electron chi connectivity index (χ2n) is 10.1. The van der Waals surface area contributed by atoms with E-state index in [-0.39, 0.29) is 5.41 Å². The second kappa shape index (κ2) is 11.4. The third-order valence-corrected chi connectivity index (χ3v) is 6.30. The highest BCUT2D eigenvalue weighted by Crippen LogP contribution is 2.32. The molecule has 1 N–H and O–H groups in total. The zero-order valence-corrected chi connectivity index (χ0v) is 20.7. The smallest absolute Gasteiger partial charge is 0.231 e. The molecule has 0 amide bonds. The number of hydrogen-bond acceptors (Lipinski definition) is 7. The highest BCUT2D eigenvalue weighted by Gasteiger charge is 2.21. The normalized spacial score (nSPS) is 17.6. The Kier molecular flexibility index (Phi) is 8.32. The number of aliphatic hydroxyl groups is 1. The molecule has 1 fully saturated rings. The van der Waals surface area contributed by atoms with Crippen LogP contribution in [0.15, 0.2) is 42.5 Å². The monoisotopic (exact) mass is 470 g/mol. The van der Waals surface area contributed by atoms with Gasteiger partial charge >= 0.3 is 0 Å². The van der Waals surface area contributed by atoms with Crippen LogP contribution in [0.4, 0.5) is 0 Å². The van der Waals surface area contributed by atoms with Crippen molar-refractivity contribution in [3.8, 4) is 17.2 Å². The van der Waals surface area contributed by atoms with Crippen LogP contribution in [0.1, 0.15) is 31.9 Å². The Morgan fingerprint density at radius 3 is 2.35 bits per heavy atom. The zero-order valence-electron chi connectivity index (χ0n) is 20.7. The van der Waals surface area contributed by atoms with Crippen molar-refractivity contribution in [2.45, 2.75) is 38.8 Å². The van der Waals surface area contributed by atoms with Gasteiger partial charge in [0.1, 0.15) is 12.4 Å². The standard InChI is InChI=1S/C27H38N2O5/c1-27(2,3)22-5-7-24(8-6-22)32-15-14-31-19-23(30)18-29-12-10-28(11-13-29)17-21-4-9-25-26(16-21)34-20-33-25/h4-9,16,23,30H,10-15,17-20H2,1-3H3/t23-/m0/s1. The van der Waals surface area contributed by atoms with Crippen LogP contribution < -0.4 is 14.2 Å². The van der Waals surface area contributed by atoms with E-state index >= 15 is 0 Å². The summed E-state index contributed by atoms with van der Waals surface area (Å²) in [5, 5.41) is 10.4. The molecule has 0 aromatic heterocycles. The first-order chi connectivity index (χ1) is 16.4. The molecule has 1 atom stereocenters. The number of aliphatic hydroxyl groups excluding tert-OH is 1. The van der Waals surface area contributed by atoms with Gasteiger partial charge in [-0.05, 0) is 40.8 Å². The molecule has 34 heavy (non-hydrogen) atoms. The minimum absolute atomic E-state index is 0.136. The second-order valence-corrected chi connectivity index (χ2v) is 10.1. The summed E-state index contributed by atoms with van der Waals surface area (Å²) in [5.74, 6) is 2.50. The lowest BCUT2D eigenvalue weighted by atomic mass is 9.87. The number of β-amino-alcohol motifs (C(OH)–C–C–N with tert-alkyl or cyclic N) is 1. The van der Waals surface area contributed by atoms with Crippen molar-refractivity contribution in [3.05, 3.63) is 53.6 Å². The largest absolute Gasteiger partial charge is 0.491 e. The van der Waals surface area contributed by atoms with Gasteiger partial charge < -0.3 is 24.1 Å². The molecule has 0 spiro atoms. The first-order valence-electron chi connectivity index (χ1n) is 12.2. The lowest BCUT2D eigenvalue weighted by molar-refractivity contribution is -0.000440. The number of ether oxygens (including phenoxy) is 4. The van der Waals surface area contributed by atoms with Gasteiger partial charge in [0, 0.05) is 39.3 Å². The quantitative estimate of drug-likeness (QED) is 0.535. The van der Waals surface area contributed by atoms with Crippen molar-refractivity contribution in [1.82, 2.24) is 9.80 Å². The van der Waals surface area contributed by atoms with Crippen LogP contribution in [0.3, 0.4) is 0 Å². The molecule has 4 rings (SSSR count). The Labute approximate surface area is 203 Å². The van der Waals surface area contributed by atoms with Gasteiger partial charge in [0.2, 0.25) is 6.79 Å². The topological polar surface area (TPSA) is 63.6 Å². The van der Waals surface area contributed by atoms with Crippen molar-refractivity contribution >= 4 is 0 Å². The molecule has 0 bridgehead atoms. The number of fused-ring (bicyclic) bond motifs is 1. The zero-order chi connectivity index (χ0) is 24.0. The molecule has 0 saturated carbocycles. The van der Waals surface area contributed by atoms with E-state index in [0.717, 1.165) is 50.0 Å². The van der Waals surface area contributed by atoms with E-state index in [0.29, 0.717) is 33.2 Å². The molecular formula is C27H38N2O5. The van der Waals surface area contributed by atoms with Gasteiger partial charge in [-0.15, -0.1) is 0 Å². The Hall–Kier alpha value is -2.32. The fourth-order valence-corrected chi connectivity index (χ4v) is 4.27. The van der Waals surface area contributed by atoms with Gasteiger partial charge in [0.15, 0.2) is 11.5 Å². The molecule has 2 aliphatic rings. The van der Waals surface area contributed by atoms with E-state index < -0.39 is 6.10 Å². The fourth-order valence-electron chi connectivity index (χ4n) is 4.27. The van der Waals surface area contributed by atoms with Crippen LogP contribution in [-0.4, -0.2) is 80.3 Å². The molecule has 7 heteroatoms. The first kappa shape index (κ1) is 24.8. The fraction of sp³-hybridized carbons (Fsp3) is 0.556. The summed E-state index contributed by atoms with van der Waals surface area (Å²) in [7, 11) is 0. The van der Waals surface area contributed by atoms with E-state index in [2.05, 4.69) is 54.8 Å². The maximum Gasteiger partial charge on any atom is 0.231 e. The lowest BCUT2D eigenvalue weighted by Gasteiger charge is -2.35. The van der Waals surface area contributed by atoms with Crippen LogP contribution in [-0.2, 0) is 16.7 Å². The minimum atomic E-state index is -0.494. The Morgan fingerprint density at radius 1 is 0.912 bits per heavy atom. The highest BCUT2D eigenvalue weighted by atomic mass is 16.7. The highest BCUT2D eigenvalue weighted by molar-refractivity contribution is 5.44. The van der Waals surface area contributed by atoms with Crippen molar-refractivity contribution in [2.75, 3.05) is 59.3 Å². The van der Waals surface area contributed by atoms with Crippen LogP contribution in [0, 0.1) is 0 Å². The van der Waals surface area contributed by atoms with E-state index in [9.17, 15) is 5.11 Å². The third kappa shape index (κ3) is 7.09. The Morgan fingerprint density at radius 2 is 1.62 bits per heavy atom. The minimum Gasteiger partial charge on any atom is -0.491 e. The summed E-state index contributed by atoms with van der Waals surface area (Å²) in [4.78, 5) is 4.74. The summed E-state index contributed by atoms with van der Waals surface area (Å²) in [6.07, 6.45) is -0.494. The maximum absolute atomic E-state index is 10.4. The average Bonchev–Trinajstić information content (AvgIpc) is 3.28. The number of nitrogens with zero attached hydrogens (tertiary/aromatic N) is 2. The maximum atomic E-state index is 10.4. The summed E-state index contributed by atoms with van der Waals surface area (Å²) in [5.41, 5.74) is 2.66. The van der Waals surface area contributed by atoms with Crippen LogP contribution in [0.25, 0.3) is 0 Å². The predicted octanol–water partition coefficient (Wildman–Crippen LogP) is 3.29. The van der Waals surface area contributed by atoms with Gasteiger partial charge in [0.25, 0.3) is 0 Å². The Bertz CT molecular complexity index is 904. The van der Waals surface area contributed by atoms with Gasteiger partial charge in [-0.3, -0.25) is 9.80 Å².